The van der Waals surface area contributed by atoms with Crippen LogP contribution >= 0.6 is 12.2 Å². The van der Waals surface area contributed by atoms with Crippen LogP contribution in [0.4, 0.5) is 18.9 Å². The van der Waals surface area contributed by atoms with Crippen LogP contribution in [0, 0.1) is 0 Å². The van der Waals surface area contributed by atoms with Gasteiger partial charge in [-0.25, -0.2) is 0 Å². The first kappa shape index (κ1) is 22.0. The van der Waals surface area contributed by atoms with Crippen LogP contribution in [0.1, 0.15) is 11.1 Å². The highest BCUT2D eigenvalue weighted by atomic mass is 32.1. The summed E-state index contributed by atoms with van der Waals surface area (Å²) in [5.41, 5.74) is 7.02. The van der Waals surface area contributed by atoms with Gasteiger partial charge >= 0.3 is 6.18 Å². The quantitative estimate of drug-likeness (QED) is 0.358. The second-order valence-corrected chi connectivity index (χ2v) is 5.94. The summed E-state index contributed by atoms with van der Waals surface area (Å²) in [5.74, 6) is 0.0300. The molecule has 4 N–H and O–H groups in total. The summed E-state index contributed by atoms with van der Waals surface area (Å²) in [5, 5.41) is 6.22. The molecule has 0 atom stereocenters. The van der Waals surface area contributed by atoms with Crippen molar-refractivity contribution in [3.05, 3.63) is 53.6 Å². The van der Waals surface area contributed by atoms with E-state index in [1.165, 1.54) is 31.5 Å². The van der Waals surface area contributed by atoms with Gasteiger partial charge in [-0.15, -0.1) is 0 Å². The lowest BCUT2D eigenvalue weighted by atomic mass is 10.2. The van der Waals surface area contributed by atoms with E-state index in [4.69, 9.17) is 27.4 Å². The van der Waals surface area contributed by atoms with Gasteiger partial charge in [0.1, 0.15) is 0 Å². The minimum Gasteiger partial charge on any atom is -0.493 e. The van der Waals surface area contributed by atoms with Gasteiger partial charge in [0.25, 0.3) is 5.91 Å². The van der Waals surface area contributed by atoms with Gasteiger partial charge in [0.2, 0.25) is 0 Å². The largest absolute Gasteiger partial charge is 0.493 e. The molecule has 2 aromatic carbocycles. The molecule has 0 spiro atoms. The van der Waals surface area contributed by atoms with Crippen LogP contribution in [0.5, 0.6) is 11.5 Å². The van der Waals surface area contributed by atoms with E-state index in [0.29, 0.717) is 17.1 Å². The molecule has 0 saturated carbocycles. The number of nitrogens with zero attached hydrogens (tertiary/aromatic N) is 1. The summed E-state index contributed by atoms with van der Waals surface area (Å²) in [7, 11) is 1.42. The van der Waals surface area contributed by atoms with Crippen molar-refractivity contribution in [2.75, 3.05) is 19.0 Å². The van der Waals surface area contributed by atoms with E-state index in [2.05, 4.69) is 15.8 Å². The first-order valence-corrected chi connectivity index (χ1v) is 8.47. The number of nitrogens with two attached hydrogens (primary N) is 1. The smallest absolute Gasteiger partial charge is 0.418 e. The van der Waals surface area contributed by atoms with Crippen LogP contribution in [0.3, 0.4) is 0 Å². The van der Waals surface area contributed by atoms with Gasteiger partial charge in [-0.1, -0.05) is 12.1 Å². The van der Waals surface area contributed by atoms with Crippen LogP contribution in [-0.4, -0.2) is 31.0 Å². The number of para-hydroxylation sites is 1. The Kier molecular flexibility index (Phi) is 7.37. The van der Waals surface area contributed by atoms with Gasteiger partial charge in [0.05, 0.1) is 24.6 Å². The number of anilines is 1. The van der Waals surface area contributed by atoms with Crippen molar-refractivity contribution in [2.45, 2.75) is 6.18 Å². The van der Waals surface area contributed by atoms with Gasteiger partial charge in [0, 0.05) is 0 Å². The van der Waals surface area contributed by atoms with Crippen molar-refractivity contribution in [1.29, 1.82) is 0 Å². The van der Waals surface area contributed by atoms with E-state index >= 15 is 0 Å². The average molecular weight is 426 g/mol. The summed E-state index contributed by atoms with van der Waals surface area (Å²) in [6.45, 7) is -0.301. The standard InChI is InChI=1S/C18H17F3N4O3S/c1-27-15-8-11(6-7-14(15)28-10-16(22)26)9-23-25-17(29)24-13-5-3-2-4-12(13)18(19,20)21/h2-9H,10H2,1H3,(H2,22,26)(H2,24,25,29)/b23-9+. The van der Waals surface area contributed by atoms with E-state index in [9.17, 15) is 18.0 Å². The molecule has 0 aromatic heterocycles. The number of alkyl halides is 3. The molecular formula is C18H17F3N4O3S. The number of carbonyl (C=O) groups is 1. The Morgan fingerprint density at radius 1 is 1.24 bits per heavy atom. The van der Waals surface area contributed by atoms with Crippen molar-refractivity contribution < 1.29 is 27.4 Å². The number of rotatable bonds is 7. The Morgan fingerprint density at radius 3 is 2.62 bits per heavy atom. The molecule has 0 aliphatic rings. The van der Waals surface area contributed by atoms with Crippen LogP contribution in [0.2, 0.25) is 0 Å². The third kappa shape index (κ3) is 6.64. The Labute approximate surface area is 169 Å². The molecule has 1 amide bonds. The molecular weight excluding hydrogens is 409 g/mol. The number of hydrogen-bond donors (Lipinski definition) is 3. The lowest BCUT2D eigenvalue weighted by Crippen LogP contribution is -2.25. The summed E-state index contributed by atoms with van der Waals surface area (Å²) in [4.78, 5) is 10.8. The van der Waals surface area contributed by atoms with Gasteiger partial charge in [0.15, 0.2) is 23.2 Å². The van der Waals surface area contributed by atoms with Gasteiger partial charge in [-0.3, -0.25) is 10.2 Å². The van der Waals surface area contributed by atoms with Crippen molar-refractivity contribution in [1.82, 2.24) is 5.43 Å². The Hall–Kier alpha value is -3.34. The van der Waals surface area contributed by atoms with Crippen molar-refractivity contribution in [3.63, 3.8) is 0 Å². The number of hydrazone groups is 1. The fraction of sp³-hybridized carbons (Fsp3) is 0.167. The number of thiocarbonyl (C=S) groups is 1. The Balaban J connectivity index is 2.01. The molecule has 0 radical (unpaired) electrons. The maximum Gasteiger partial charge on any atom is 0.418 e. The zero-order valence-electron chi connectivity index (χ0n) is 15.1. The van der Waals surface area contributed by atoms with E-state index in [-0.39, 0.29) is 17.4 Å². The van der Waals surface area contributed by atoms with Gasteiger partial charge < -0.3 is 20.5 Å². The molecule has 29 heavy (non-hydrogen) atoms. The first-order chi connectivity index (χ1) is 13.7. The molecule has 0 heterocycles. The summed E-state index contributed by atoms with van der Waals surface area (Å²) >= 11 is 4.97. The minimum absolute atomic E-state index is 0.119. The van der Waals surface area contributed by atoms with E-state index in [0.717, 1.165) is 6.07 Å². The molecule has 2 rings (SSSR count). The Morgan fingerprint density at radius 2 is 1.97 bits per heavy atom. The molecule has 0 aliphatic heterocycles. The van der Waals surface area contributed by atoms with E-state index in [1.807, 2.05) is 0 Å². The highest BCUT2D eigenvalue weighted by molar-refractivity contribution is 7.80. The third-order valence-electron chi connectivity index (χ3n) is 3.42. The normalized spacial score (nSPS) is 11.2. The molecule has 0 unspecified atom stereocenters. The molecule has 0 saturated heterocycles. The van der Waals surface area contributed by atoms with E-state index < -0.39 is 17.6 Å². The fourth-order valence-corrected chi connectivity index (χ4v) is 2.35. The predicted molar refractivity (Wildman–Crippen MR) is 106 cm³/mol. The predicted octanol–water partition coefficient (Wildman–Crippen LogP) is 2.90. The van der Waals surface area contributed by atoms with Gasteiger partial charge in [-0.05, 0) is 48.1 Å². The van der Waals surface area contributed by atoms with Crippen molar-refractivity contribution in [2.24, 2.45) is 10.8 Å². The number of hydrogen-bond acceptors (Lipinski definition) is 5. The zero-order chi connectivity index (χ0) is 21.4. The van der Waals surface area contributed by atoms with Crippen molar-refractivity contribution in [3.8, 4) is 11.5 Å². The molecule has 154 valence electrons. The second kappa shape index (κ2) is 9.73. The highest BCUT2D eigenvalue weighted by Gasteiger charge is 2.33. The number of primary amides is 1. The summed E-state index contributed by atoms with van der Waals surface area (Å²) in [6, 6.07) is 9.71. The molecule has 7 nitrogen and oxygen atoms in total. The number of benzene rings is 2. The van der Waals surface area contributed by atoms with Gasteiger partial charge in [-0.2, -0.15) is 18.3 Å². The summed E-state index contributed by atoms with van der Waals surface area (Å²) < 4.78 is 49.4. The maximum absolute atomic E-state index is 13.0. The van der Waals surface area contributed by atoms with Crippen LogP contribution < -0.4 is 25.9 Å². The number of amides is 1. The topological polar surface area (TPSA) is 98.0 Å². The average Bonchev–Trinajstić information content (AvgIpc) is 2.66. The van der Waals surface area contributed by atoms with Crippen molar-refractivity contribution >= 4 is 35.1 Å². The van der Waals surface area contributed by atoms with E-state index in [1.54, 1.807) is 18.2 Å². The molecule has 0 bridgehead atoms. The highest BCUT2D eigenvalue weighted by Crippen LogP contribution is 2.34. The fourth-order valence-electron chi connectivity index (χ4n) is 2.19. The van der Waals surface area contributed by atoms with Crippen LogP contribution in [0.15, 0.2) is 47.6 Å². The monoisotopic (exact) mass is 426 g/mol. The zero-order valence-corrected chi connectivity index (χ0v) is 15.9. The van der Waals surface area contributed by atoms with Crippen LogP contribution in [-0.2, 0) is 11.0 Å². The number of halogens is 3. The summed E-state index contributed by atoms with van der Waals surface area (Å²) in [6.07, 6.45) is -3.14. The maximum atomic E-state index is 13.0. The number of nitrogens with one attached hydrogen (secondary N) is 2. The number of ether oxygens (including phenoxy) is 2. The Bertz CT molecular complexity index is 919. The molecule has 11 heteroatoms. The number of methoxy groups -OCH3 is 1. The third-order valence-corrected chi connectivity index (χ3v) is 3.61. The second-order valence-electron chi connectivity index (χ2n) is 5.53. The number of carbonyl (C=O) groups excluding carboxylic acids is 1. The van der Waals surface area contributed by atoms with Crippen LogP contribution in [0.25, 0.3) is 0 Å². The SMILES string of the molecule is COc1cc(/C=N/NC(=S)Nc2ccccc2C(F)(F)F)ccc1OCC(N)=O. The first-order valence-electron chi connectivity index (χ1n) is 8.06. The molecule has 2 aromatic rings. The lowest BCUT2D eigenvalue weighted by molar-refractivity contribution is -0.136. The minimum atomic E-state index is -4.52. The molecule has 0 aliphatic carbocycles. The lowest BCUT2D eigenvalue weighted by Gasteiger charge is -2.14. The molecule has 0 fully saturated rings.